The Morgan fingerprint density at radius 3 is 1.92 bits per heavy atom. The Balaban J connectivity index is 5.03. The summed E-state index contributed by atoms with van der Waals surface area (Å²) in [6.45, 7) is 9.70. The normalized spacial score (nSPS) is 14.3. The van der Waals surface area contributed by atoms with Crippen molar-refractivity contribution in [2.24, 2.45) is 0 Å². The average Bonchev–Trinajstić information content (AvgIpc) is 2.18. The van der Waals surface area contributed by atoms with Crippen LogP contribution in [-0.4, -0.2) is 7.11 Å². The van der Waals surface area contributed by atoms with Gasteiger partial charge in [-0.05, 0) is 32.4 Å². The zero-order valence-corrected chi connectivity index (χ0v) is 8.92. The maximum atomic E-state index is 5.24. The van der Waals surface area contributed by atoms with Crippen LogP contribution in [0.2, 0.25) is 0 Å². The van der Waals surface area contributed by atoms with E-state index in [2.05, 4.69) is 6.58 Å². The summed E-state index contributed by atoms with van der Waals surface area (Å²) < 4.78 is 5.24. The molecule has 0 N–H and O–H groups in total. The summed E-state index contributed by atoms with van der Waals surface area (Å²) in [6.07, 6.45) is 7.82. The van der Waals surface area contributed by atoms with Crippen molar-refractivity contribution in [2.45, 2.75) is 20.8 Å². The van der Waals surface area contributed by atoms with Crippen molar-refractivity contribution in [3.05, 3.63) is 47.8 Å². The smallest absolute Gasteiger partial charge is 0.122 e. The molecule has 1 nitrogen and oxygen atoms in total. The van der Waals surface area contributed by atoms with E-state index in [1.807, 2.05) is 45.1 Å². The highest BCUT2D eigenvalue weighted by atomic mass is 16.5. The number of allylic oxidation sites excluding steroid dienone is 5. The molecule has 0 heterocycles. The van der Waals surface area contributed by atoms with Crippen molar-refractivity contribution < 1.29 is 4.74 Å². The topological polar surface area (TPSA) is 9.23 Å². The number of ether oxygens (including phenoxy) is 1. The molecule has 72 valence electrons. The van der Waals surface area contributed by atoms with Crippen LogP contribution in [0.1, 0.15) is 20.8 Å². The van der Waals surface area contributed by atoms with Crippen LogP contribution in [0, 0.1) is 0 Å². The Morgan fingerprint density at radius 2 is 1.69 bits per heavy atom. The molecule has 0 fully saturated rings. The van der Waals surface area contributed by atoms with Gasteiger partial charge in [-0.2, -0.15) is 0 Å². The van der Waals surface area contributed by atoms with E-state index < -0.39 is 0 Å². The van der Waals surface area contributed by atoms with Crippen LogP contribution in [0.15, 0.2) is 47.8 Å². The van der Waals surface area contributed by atoms with Gasteiger partial charge in [0, 0.05) is 5.57 Å². The number of methoxy groups -OCH3 is 1. The molecule has 0 saturated heterocycles. The fourth-order valence-electron chi connectivity index (χ4n) is 1.22. The van der Waals surface area contributed by atoms with Crippen molar-refractivity contribution in [1.29, 1.82) is 0 Å². The van der Waals surface area contributed by atoms with Crippen molar-refractivity contribution in [2.75, 3.05) is 7.11 Å². The summed E-state index contributed by atoms with van der Waals surface area (Å²) in [5.41, 5.74) is 2.18. The van der Waals surface area contributed by atoms with Gasteiger partial charge in [-0.25, -0.2) is 0 Å². The largest absolute Gasteiger partial charge is 0.496 e. The first kappa shape index (κ1) is 11.8. The third-order valence-corrected chi connectivity index (χ3v) is 1.88. The Kier molecular flexibility index (Phi) is 5.69. The highest BCUT2D eigenvalue weighted by Crippen LogP contribution is 2.20. The van der Waals surface area contributed by atoms with Gasteiger partial charge in [0.05, 0.1) is 7.11 Å². The maximum absolute atomic E-state index is 5.24. The molecule has 0 aliphatic heterocycles. The second-order valence-electron chi connectivity index (χ2n) is 2.51. The zero-order chi connectivity index (χ0) is 10.3. The highest BCUT2D eigenvalue weighted by molar-refractivity contribution is 5.48. The standard InChI is InChI=1S/C12H18O/c1-6-10(7-2)11(8-3)12(9-4)13-5/h6-9H,1H2,2-5H3/b10-7-,11-8+,12-9+. The van der Waals surface area contributed by atoms with Crippen LogP contribution >= 0.6 is 0 Å². The van der Waals surface area contributed by atoms with Crippen molar-refractivity contribution in [3.63, 3.8) is 0 Å². The highest BCUT2D eigenvalue weighted by Gasteiger charge is 2.05. The summed E-state index contributed by atoms with van der Waals surface area (Å²) >= 11 is 0. The quantitative estimate of drug-likeness (QED) is 0.472. The maximum Gasteiger partial charge on any atom is 0.122 e. The molecule has 0 unspecified atom stereocenters. The molecule has 0 aliphatic carbocycles. The third kappa shape index (κ3) is 2.94. The predicted molar refractivity (Wildman–Crippen MR) is 58.5 cm³/mol. The molecule has 0 aliphatic rings. The van der Waals surface area contributed by atoms with Crippen molar-refractivity contribution in [3.8, 4) is 0 Å². The van der Waals surface area contributed by atoms with Crippen LogP contribution in [0.25, 0.3) is 0 Å². The number of hydrogen-bond donors (Lipinski definition) is 0. The van der Waals surface area contributed by atoms with E-state index in [4.69, 9.17) is 4.74 Å². The number of hydrogen-bond acceptors (Lipinski definition) is 1. The fraction of sp³-hybridized carbons (Fsp3) is 0.333. The minimum atomic E-state index is 0.885. The fourth-order valence-corrected chi connectivity index (χ4v) is 1.22. The van der Waals surface area contributed by atoms with Crippen LogP contribution in [0.5, 0.6) is 0 Å². The predicted octanol–water partition coefficient (Wildman–Crippen LogP) is 3.62. The van der Waals surface area contributed by atoms with Crippen LogP contribution < -0.4 is 0 Å². The van der Waals surface area contributed by atoms with Gasteiger partial charge >= 0.3 is 0 Å². The van der Waals surface area contributed by atoms with Crippen LogP contribution in [-0.2, 0) is 4.74 Å². The van der Waals surface area contributed by atoms with Gasteiger partial charge in [0.25, 0.3) is 0 Å². The Labute approximate surface area is 81.1 Å². The van der Waals surface area contributed by atoms with Gasteiger partial charge in [0.2, 0.25) is 0 Å². The molecule has 0 aromatic heterocycles. The Bertz CT molecular complexity index is 254. The van der Waals surface area contributed by atoms with Gasteiger partial charge in [-0.1, -0.05) is 24.8 Å². The first-order valence-electron chi connectivity index (χ1n) is 4.41. The molecule has 0 aromatic carbocycles. The van der Waals surface area contributed by atoms with E-state index >= 15 is 0 Å². The molecule has 0 amide bonds. The lowest BCUT2D eigenvalue weighted by Gasteiger charge is -2.10. The summed E-state index contributed by atoms with van der Waals surface area (Å²) in [6, 6.07) is 0. The molecule has 0 saturated carbocycles. The van der Waals surface area contributed by atoms with Crippen LogP contribution in [0.4, 0.5) is 0 Å². The monoisotopic (exact) mass is 178 g/mol. The minimum Gasteiger partial charge on any atom is -0.496 e. The Hall–Kier alpha value is -1.24. The Morgan fingerprint density at radius 1 is 1.08 bits per heavy atom. The third-order valence-electron chi connectivity index (χ3n) is 1.88. The van der Waals surface area contributed by atoms with E-state index in [-0.39, 0.29) is 0 Å². The summed E-state index contributed by atoms with van der Waals surface area (Å²) in [4.78, 5) is 0. The van der Waals surface area contributed by atoms with Gasteiger partial charge in [-0.3, -0.25) is 0 Å². The molecule has 13 heavy (non-hydrogen) atoms. The summed E-state index contributed by atoms with van der Waals surface area (Å²) in [7, 11) is 1.68. The molecule has 0 spiro atoms. The molecular weight excluding hydrogens is 160 g/mol. The molecule has 0 bridgehead atoms. The lowest BCUT2D eigenvalue weighted by atomic mass is 10.0. The van der Waals surface area contributed by atoms with E-state index in [0.717, 1.165) is 16.9 Å². The minimum absolute atomic E-state index is 0.885. The lowest BCUT2D eigenvalue weighted by Crippen LogP contribution is -1.94. The summed E-state index contributed by atoms with van der Waals surface area (Å²) in [5, 5.41) is 0. The second-order valence-corrected chi connectivity index (χ2v) is 2.51. The van der Waals surface area contributed by atoms with E-state index in [1.54, 1.807) is 7.11 Å². The molecule has 0 aromatic rings. The molecular formula is C12H18O. The van der Waals surface area contributed by atoms with Gasteiger partial charge in [0.1, 0.15) is 5.76 Å². The van der Waals surface area contributed by atoms with Gasteiger partial charge in [0.15, 0.2) is 0 Å². The molecule has 0 atom stereocenters. The second kappa shape index (κ2) is 6.30. The van der Waals surface area contributed by atoms with Gasteiger partial charge in [-0.15, -0.1) is 0 Å². The SMILES string of the molecule is C=CC(=C/C)/C(=C\C)C(=C\C)/OC. The van der Waals surface area contributed by atoms with Crippen molar-refractivity contribution in [1.82, 2.24) is 0 Å². The molecule has 0 rings (SSSR count). The van der Waals surface area contributed by atoms with E-state index in [0.29, 0.717) is 0 Å². The zero-order valence-electron chi connectivity index (χ0n) is 8.92. The van der Waals surface area contributed by atoms with Crippen LogP contribution in [0.3, 0.4) is 0 Å². The first-order chi connectivity index (χ1) is 6.24. The first-order valence-corrected chi connectivity index (χ1v) is 4.41. The van der Waals surface area contributed by atoms with Gasteiger partial charge < -0.3 is 4.74 Å². The van der Waals surface area contributed by atoms with Crippen molar-refractivity contribution >= 4 is 0 Å². The number of rotatable bonds is 4. The van der Waals surface area contributed by atoms with E-state index in [9.17, 15) is 0 Å². The van der Waals surface area contributed by atoms with E-state index in [1.165, 1.54) is 0 Å². The summed E-state index contributed by atoms with van der Waals surface area (Å²) in [5.74, 6) is 0.885. The lowest BCUT2D eigenvalue weighted by molar-refractivity contribution is 0.301. The molecule has 1 heteroatoms. The average molecular weight is 178 g/mol. The molecule has 0 radical (unpaired) electrons.